The first-order valence-electron chi connectivity index (χ1n) is 6.66. The molecule has 3 rings (SSSR count). The van der Waals surface area contributed by atoms with Gasteiger partial charge in [-0.25, -0.2) is 0 Å². The molecule has 5 heteroatoms. The second kappa shape index (κ2) is 4.23. The van der Waals surface area contributed by atoms with Gasteiger partial charge in [0.1, 0.15) is 0 Å². The van der Waals surface area contributed by atoms with Gasteiger partial charge in [0.2, 0.25) is 0 Å². The minimum Gasteiger partial charge on any atom is -0.379 e. The summed E-state index contributed by atoms with van der Waals surface area (Å²) in [5.74, 6) is -0.0536. The molecule has 2 aliphatic heterocycles. The van der Waals surface area contributed by atoms with Crippen LogP contribution in [0.25, 0.3) is 0 Å². The van der Waals surface area contributed by atoms with E-state index in [1.165, 1.54) is 12.8 Å². The fourth-order valence-corrected chi connectivity index (χ4v) is 2.91. The Hall–Kier alpha value is -0.650. The number of nitrogens with one attached hydrogen (secondary N) is 1. The maximum Gasteiger partial charge on any atom is 0.256 e. The highest BCUT2D eigenvalue weighted by atomic mass is 16.3. The highest BCUT2D eigenvalue weighted by molar-refractivity contribution is 5.85. The fourth-order valence-electron chi connectivity index (χ4n) is 2.91. The Morgan fingerprint density at radius 1 is 1.24 bits per heavy atom. The lowest BCUT2D eigenvalue weighted by Crippen LogP contribution is -2.56. The predicted octanol–water partition coefficient (Wildman–Crippen LogP) is -0.983. The zero-order chi connectivity index (χ0) is 11.9. The number of β-amino-alcohol motifs (C(OH)–C–C–N with tert-alkyl or cyclic N) is 1. The SMILES string of the molecule is O=C(N1CCNCC1)C1(O)CCN(C2CC2)C1. The number of hydrogen-bond acceptors (Lipinski definition) is 4. The third-order valence-electron chi connectivity index (χ3n) is 4.14. The van der Waals surface area contributed by atoms with Crippen molar-refractivity contribution in [2.45, 2.75) is 30.9 Å². The molecule has 2 saturated heterocycles. The maximum atomic E-state index is 12.3. The van der Waals surface area contributed by atoms with E-state index in [1.807, 2.05) is 4.90 Å². The molecule has 96 valence electrons. The van der Waals surface area contributed by atoms with Crippen molar-refractivity contribution in [3.8, 4) is 0 Å². The van der Waals surface area contributed by atoms with Gasteiger partial charge >= 0.3 is 0 Å². The molecule has 0 bridgehead atoms. The maximum absolute atomic E-state index is 12.3. The van der Waals surface area contributed by atoms with Crippen molar-refractivity contribution in [2.24, 2.45) is 0 Å². The minimum absolute atomic E-state index is 0.0536. The summed E-state index contributed by atoms with van der Waals surface area (Å²) in [6.07, 6.45) is 3.07. The Balaban J connectivity index is 1.63. The van der Waals surface area contributed by atoms with Gasteiger partial charge in [0, 0.05) is 45.3 Å². The molecular formula is C12H21N3O2. The van der Waals surface area contributed by atoms with Crippen molar-refractivity contribution in [1.82, 2.24) is 15.1 Å². The standard InChI is InChI=1S/C12H21N3O2/c16-11(14-7-4-13-5-8-14)12(17)3-6-15(9-12)10-1-2-10/h10,13,17H,1-9H2. The Morgan fingerprint density at radius 3 is 2.59 bits per heavy atom. The molecule has 0 spiro atoms. The number of hydrogen-bond donors (Lipinski definition) is 2. The minimum atomic E-state index is -1.11. The van der Waals surface area contributed by atoms with Crippen LogP contribution in [0.15, 0.2) is 0 Å². The van der Waals surface area contributed by atoms with Crippen molar-refractivity contribution >= 4 is 5.91 Å². The molecule has 3 aliphatic rings. The van der Waals surface area contributed by atoms with Crippen molar-refractivity contribution < 1.29 is 9.90 Å². The van der Waals surface area contributed by atoms with Crippen molar-refractivity contribution in [3.63, 3.8) is 0 Å². The van der Waals surface area contributed by atoms with Crippen LogP contribution in [0.3, 0.4) is 0 Å². The van der Waals surface area contributed by atoms with Gasteiger partial charge in [0.15, 0.2) is 5.60 Å². The number of rotatable bonds is 2. The molecule has 0 aromatic rings. The molecular weight excluding hydrogens is 218 g/mol. The average Bonchev–Trinajstić information content (AvgIpc) is 3.13. The molecule has 2 heterocycles. The van der Waals surface area contributed by atoms with Crippen LogP contribution in [0.2, 0.25) is 0 Å². The molecule has 5 nitrogen and oxygen atoms in total. The first-order valence-corrected chi connectivity index (χ1v) is 6.66. The largest absolute Gasteiger partial charge is 0.379 e. The van der Waals surface area contributed by atoms with Crippen LogP contribution < -0.4 is 5.32 Å². The number of amides is 1. The average molecular weight is 239 g/mol. The predicted molar refractivity (Wildman–Crippen MR) is 63.6 cm³/mol. The zero-order valence-electron chi connectivity index (χ0n) is 10.2. The second-order valence-corrected chi connectivity index (χ2v) is 5.53. The van der Waals surface area contributed by atoms with Gasteiger partial charge in [-0.05, 0) is 19.3 Å². The lowest BCUT2D eigenvalue weighted by atomic mass is 10.0. The summed E-state index contributed by atoms with van der Waals surface area (Å²) >= 11 is 0. The number of carbonyl (C=O) groups is 1. The molecule has 3 fully saturated rings. The highest BCUT2D eigenvalue weighted by Gasteiger charge is 2.48. The van der Waals surface area contributed by atoms with Crippen LogP contribution in [0.5, 0.6) is 0 Å². The van der Waals surface area contributed by atoms with E-state index in [1.54, 1.807) is 0 Å². The zero-order valence-corrected chi connectivity index (χ0v) is 10.2. The van der Waals surface area contributed by atoms with E-state index < -0.39 is 5.60 Å². The van der Waals surface area contributed by atoms with E-state index in [0.717, 1.165) is 32.7 Å². The first-order chi connectivity index (χ1) is 8.19. The number of likely N-dealkylation sites (tertiary alicyclic amines) is 1. The molecule has 0 radical (unpaired) electrons. The van der Waals surface area contributed by atoms with Crippen LogP contribution in [0.4, 0.5) is 0 Å². The lowest BCUT2D eigenvalue weighted by Gasteiger charge is -2.33. The Bertz CT molecular complexity index is 313. The summed E-state index contributed by atoms with van der Waals surface area (Å²) in [4.78, 5) is 16.4. The van der Waals surface area contributed by atoms with Gasteiger partial charge in [0.25, 0.3) is 5.91 Å². The molecule has 1 saturated carbocycles. The van der Waals surface area contributed by atoms with Crippen LogP contribution in [-0.2, 0) is 4.79 Å². The number of carbonyl (C=O) groups excluding carboxylic acids is 1. The summed E-state index contributed by atoms with van der Waals surface area (Å²) in [5.41, 5.74) is -1.11. The first kappa shape index (κ1) is 11.4. The van der Waals surface area contributed by atoms with Crippen molar-refractivity contribution in [3.05, 3.63) is 0 Å². The summed E-state index contributed by atoms with van der Waals surface area (Å²) in [6, 6.07) is 0.639. The van der Waals surface area contributed by atoms with E-state index in [9.17, 15) is 9.90 Å². The van der Waals surface area contributed by atoms with Gasteiger partial charge in [0.05, 0.1) is 0 Å². The summed E-state index contributed by atoms with van der Waals surface area (Å²) in [5, 5.41) is 13.7. The monoisotopic (exact) mass is 239 g/mol. The van der Waals surface area contributed by atoms with Crippen LogP contribution >= 0.6 is 0 Å². The van der Waals surface area contributed by atoms with Crippen LogP contribution in [0.1, 0.15) is 19.3 Å². The Morgan fingerprint density at radius 2 is 1.94 bits per heavy atom. The van der Waals surface area contributed by atoms with Crippen LogP contribution in [0, 0.1) is 0 Å². The summed E-state index contributed by atoms with van der Waals surface area (Å²) < 4.78 is 0. The number of nitrogens with zero attached hydrogens (tertiary/aromatic N) is 2. The van der Waals surface area contributed by atoms with Gasteiger partial charge in [-0.3, -0.25) is 9.69 Å². The van der Waals surface area contributed by atoms with Crippen LogP contribution in [-0.4, -0.2) is 71.7 Å². The van der Waals surface area contributed by atoms with Crippen molar-refractivity contribution in [1.29, 1.82) is 0 Å². The molecule has 1 aliphatic carbocycles. The molecule has 1 atom stereocenters. The summed E-state index contributed by atoms with van der Waals surface area (Å²) in [7, 11) is 0. The van der Waals surface area contributed by atoms with Gasteiger partial charge < -0.3 is 15.3 Å². The van der Waals surface area contributed by atoms with Gasteiger partial charge in [-0.1, -0.05) is 0 Å². The normalized spacial score (nSPS) is 35.2. The fraction of sp³-hybridized carbons (Fsp3) is 0.917. The quantitative estimate of drug-likeness (QED) is 0.650. The lowest BCUT2D eigenvalue weighted by molar-refractivity contribution is -0.150. The van der Waals surface area contributed by atoms with Gasteiger partial charge in [-0.2, -0.15) is 0 Å². The molecule has 0 aromatic carbocycles. The molecule has 2 N–H and O–H groups in total. The second-order valence-electron chi connectivity index (χ2n) is 5.53. The summed E-state index contributed by atoms with van der Waals surface area (Å²) in [6.45, 7) is 4.55. The van der Waals surface area contributed by atoms with E-state index in [-0.39, 0.29) is 5.91 Å². The van der Waals surface area contributed by atoms with E-state index in [0.29, 0.717) is 19.0 Å². The third kappa shape index (κ3) is 2.19. The Kier molecular flexibility index (Phi) is 2.84. The topological polar surface area (TPSA) is 55.8 Å². The van der Waals surface area contributed by atoms with E-state index >= 15 is 0 Å². The molecule has 0 aromatic heterocycles. The van der Waals surface area contributed by atoms with Gasteiger partial charge in [-0.15, -0.1) is 0 Å². The third-order valence-corrected chi connectivity index (χ3v) is 4.14. The number of aliphatic hydroxyl groups is 1. The molecule has 1 amide bonds. The molecule has 17 heavy (non-hydrogen) atoms. The van der Waals surface area contributed by atoms with Crippen molar-refractivity contribution in [2.75, 3.05) is 39.3 Å². The van der Waals surface area contributed by atoms with E-state index in [2.05, 4.69) is 10.2 Å². The highest BCUT2D eigenvalue weighted by Crippen LogP contribution is 2.34. The number of piperazine rings is 1. The molecule has 1 unspecified atom stereocenters. The Labute approximate surface area is 102 Å². The smallest absolute Gasteiger partial charge is 0.256 e. The van der Waals surface area contributed by atoms with E-state index in [4.69, 9.17) is 0 Å².